The van der Waals surface area contributed by atoms with Crippen molar-refractivity contribution in [3.63, 3.8) is 0 Å². The van der Waals surface area contributed by atoms with Gasteiger partial charge in [-0.05, 0) is 38.5 Å². The highest BCUT2D eigenvalue weighted by Gasteiger charge is 2.43. The Labute approximate surface area is 185 Å². The number of hydrogen-bond acceptors (Lipinski definition) is 6. The molecule has 1 aliphatic heterocycles. The number of aliphatic carboxylic acids is 1. The quantitative estimate of drug-likeness (QED) is 0.533. The molecule has 0 saturated carbocycles. The van der Waals surface area contributed by atoms with Gasteiger partial charge in [-0.2, -0.15) is 0 Å². The highest BCUT2D eigenvalue weighted by atomic mass is 16.5. The Bertz CT molecular complexity index is 1230. The summed E-state index contributed by atoms with van der Waals surface area (Å²) in [6.45, 7) is 5.84. The van der Waals surface area contributed by atoms with Crippen LogP contribution in [0, 0.1) is 0 Å². The normalized spacial score (nSPS) is 13.1. The van der Waals surface area contributed by atoms with E-state index in [4.69, 9.17) is 9.47 Å². The second-order valence-electron chi connectivity index (χ2n) is 7.71. The third-order valence-corrected chi connectivity index (χ3v) is 5.14. The summed E-state index contributed by atoms with van der Waals surface area (Å²) in [5.74, 6) is -1.53. The maximum Gasteiger partial charge on any atom is 0.270 e. The molecule has 7 heteroatoms. The van der Waals surface area contributed by atoms with Gasteiger partial charge < -0.3 is 19.4 Å². The van der Waals surface area contributed by atoms with E-state index in [-0.39, 0.29) is 23.7 Å². The second kappa shape index (κ2) is 8.34. The molecule has 0 atom stereocenters. The second-order valence-corrected chi connectivity index (χ2v) is 7.71. The highest BCUT2D eigenvalue weighted by molar-refractivity contribution is 6.38. The molecule has 0 unspecified atom stereocenters. The van der Waals surface area contributed by atoms with E-state index < -0.39 is 17.8 Å². The molecule has 0 saturated heterocycles. The number of carbonyl (C=O) groups is 3. The number of anilines is 1. The first-order chi connectivity index (χ1) is 15.3. The van der Waals surface area contributed by atoms with Gasteiger partial charge in [-0.1, -0.05) is 36.4 Å². The zero-order valence-corrected chi connectivity index (χ0v) is 18.0. The lowest BCUT2D eigenvalue weighted by Gasteiger charge is -2.18. The Morgan fingerprint density at radius 1 is 0.938 bits per heavy atom. The van der Waals surface area contributed by atoms with Gasteiger partial charge in [0.1, 0.15) is 11.5 Å². The van der Waals surface area contributed by atoms with Crippen LogP contribution in [0.5, 0.6) is 11.5 Å². The van der Waals surface area contributed by atoms with E-state index >= 15 is 0 Å². The fraction of sp³-hybridized carbons (Fsp3) is 0.240. The molecule has 0 N–H and O–H groups in total. The third-order valence-electron chi connectivity index (χ3n) is 5.14. The molecule has 3 aromatic rings. The average Bonchev–Trinajstić information content (AvgIpc) is 3.01. The molecule has 4 rings (SSSR count). The van der Waals surface area contributed by atoms with Crippen LogP contribution in [0.4, 0.5) is 5.69 Å². The van der Waals surface area contributed by atoms with Crippen LogP contribution < -0.4 is 19.5 Å². The molecule has 0 spiro atoms. The summed E-state index contributed by atoms with van der Waals surface area (Å²) in [4.78, 5) is 39.0. The summed E-state index contributed by atoms with van der Waals surface area (Å²) in [6.07, 6.45) is -0.476. The number of amides is 2. The lowest BCUT2D eigenvalue weighted by atomic mass is 9.99. The zero-order chi connectivity index (χ0) is 23.0. The molecular weight excluding hydrogens is 410 g/mol. The topological polar surface area (TPSA) is 96.0 Å². The van der Waals surface area contributed by atoms with E-state index in [9.17, 15) is 19.5 Å². The zero-order valence-electron chi connectivity index (χ0n) is 18.0. The van der Waals surface area contributed by atoms with Crippen LogP contribution in [-0.4, -0.2) is 30.5 Å². The van der Waals surface area contributed by atoms with Gasteiger partial charge >= 0.3 is 0 Å². The monoisotopic (exact) mass is 432 g/mol. The molecule has 2 amide bonds. The van der Waals surface area contributed by atoms with Crippen molar-refractivity contribution in [1.29, 1.82) is 0 Å². The standard InChI is InChI=1S/C25H23NO6/c1-4-31-22-17-7-5-6-8-18(17)23(32-14(2)3)21-20(22)24(29)26(25(21)30)16-11-9-15(10-12-16)13-19(27)28/h5-12,14H,4,13H2,1-3H3,(H,27,28)/p-1. The van der Waals surface area contributed by atoms with E-state index in [0.717, 1.165) is 4.90 Å². The van der Waals surface area contributed by atoms with Crippen molar-refractivity contribution in [2.75, 3.05) is 11.5 Å². The van der Waals surface area contributed by atoms with Gasteiger partial charge in [0.15, 0.2) is 0 Å². The molecule has 7 nitrogen and oxygen atoms in total. The van der Waals surface area contributed by atoms with Gasteiger partial charge in [0.25, 0.3) is 11.8 Å². The first kappa shape index (κ1) is 21.4. The number of carbonyl (C=O) groups excluding carboxylic acids is 3. The number of carboxylic acids is 1. The molecule has 1 aliphatic rings. The summed E-state index contributed by atoms with van der Waals surface area (Å²) in [7, 11) is 0. The first-order valence-electron chi connectivity index (χ1n) is 10.4. The Morgan fingerprint density at radius 3 is 2.03 bits per heavy atom. The lowest BCUT2D eigenvalue weighted by molar-refractivity contribution is -0.304. The van der Waals surface area contributed by atoms with Crippen molar-refractivity contribution in [3.05, 3.63) is 65.2 Å². The minimum absolute atomic E-state index is 0.171. The van der Waals surface area contributed by atoms with Gasteiger partial charge in [0, 0.05) is 23.2 Å². The number of imide groups is 1. The molecule has 3 aromatic carbocycles. The number of rotatable bonds is 7. The number of hydrogen-bond donors (Lipinski definition) is 0. The van der Waals surface area contributed by atoms with E-state index in [2.05, 4.69) is 0 Å². The third kappa shape index (κ3) is 3.56. The molecule has 0 radical (unpaired) electrons. The minimum Gasteiger partial charge on any atom is -0.550 e. The van der Waals surface area contributed by atoms with Crippen LogP contribution in [0.25, 0.3) is 10.8 Å². The molecule has 1 heterocycles. The van der Waals surface area contributed by atoms with Crippen molar-refractivity contribution in [2.24, 2.45) is 0 Å². The van der Waals surface area contributed by atoms with Gasteiger partial charge in [0.05, 0.1) is 29.5 Å². The lowest BCUT2D eigenvalue weighted by Crippen LogP contribution is -2.29. The number of benzene rings is 3. The Balaban J connectivity index is 1.91. The number of nitrogens with zero attached hydrogens (tertiary/aromatic N) is 1. The Morgan fingerprint density at radius 2 is 1.50 bits per heavy atom. The van der Waals surface area contributed by atoms with E-state index in [0.29, 0.717) is 40.1 Å². The number of fused-ring (bicyclic) bond motifs is 2. The van der Waals surface area contributed by atoms with E-state index in [1.165, 1.54) is 0 Å². The van der Waals surface area contributed by atoms with Crippen LogP contribution in [-0.2, 0) is 11.2 Å². The van der Waals surface area contributed by atoms with Crippen LogP contribution in [0.3, 0.4) is 0 Å². The van der Waals surface area contributed by atoms with Crippen molar-refractivity contribution in [3.8, 4) is 11.5 Å². The average molecular weight is 432 g/mol. The molecular formula is C25H22NO6-. The van der Waals surface area contributed by atoms with Crippen molar-refractivity contribution in [1.82, 2.24) is 0 Å². The minimum atomic E-state index is -1.21. The maximum atomic E-state index is 13.5. The highest BCUT2D eigenvalue weighted by Crippen LogP contribution is 2.46. The van der Waals surface area contributed by atoms with E-state index in [1.54, 1.807) is 24.3 Å². The molecule has 164 valence electrons. The van der Waals surface area contributed by atoms with Gasteiger partial charge in [-0.25, -0.2) is 4.90 Å². The first-order valence-corrected chi connectivity index (χ1v) is 10.4. The summed E-state index contributed by atoms with van der Waals surface area (Å²) in [6, 6.07) is 13.6. The maximum absolute atomic E-state index is 13.5. The van der Waals surface area contributed by atoms with Crippen LogP contribution in [0.15, 0.2) is 48.5 Å². The smallest absolute Gasteiger partial charge is 0.270 e. The van der Waals surface area contributed by atoms with Gasteiger partial charge in [-0.3, -0.25) is 9.59 Å². The predicted octanol–water partition coefficient (Wildman–Crippen LogP) is 3.12. The Hall–Kier alpha value is -3.87. The van der Waals surface area contributed by atoms with Crippen molar-refractivity contribution in [2.45, 2.75) is 33.3 Å². The van der Waals surface area contributed by atoms with E-state index in [1.807, 2.05) is 45.0 Å². The van der Waals surface area contributed by atoms with Crippen LogP contribution in [0.1, 0.15) is 47.1 Å². The number of ether oxygens (including phenoxy) is 2. The summed E-state index contributed by atoms with van der Waals surface area (Å²) in [5, 5.41) is 12.2. The van der Waals surface area contributed by atoms with Crippen LogP contribution >= 0.6 is 0 Å². The van der Waals surface area contributed by atoms with Gasteiger partial charge in [0.2, 0.25) is 0 Å². The summed E-state index contributed by atoms with van der Waals surface area (Å²) >= 11 is 0. The fourth-order valence-corrected chi connectivity index (χ4v) is 3.92. The molecule has 0 fully saturated rings. The molecule has 0 aromatic heterocycles. The van der Waals surface area contributed by atoms with Crippen molar-refractivity contribution >= 4 is 34.2 Å². The van der Waals surface area contributed by atoms with Crippen LogP contribution in [0.2, 0.25) is 0 Å². The number of carboxylic acid groups (broad SMARTS) is 1. The van der Waals surface area contributed by atoms with Crippen molar-refractivity contribution < 1.29 is 29.0 Å². The largest absolute Gasteiger partial charge is 0.550 e. The molecule has 32 heavy (non-hydrogen) atoms. The van der Waals surface area contributed by atoms with Gasteiger partial charge in [-0.15, -0.1) is 0 Å². The fourth-order valence-electron chi connectivity index (χ4n) is 3.92. The molecule has 0 bridgehead atoms. The SMILES string of the molecule is CCOc1c2c(c(OC(C)C)c3ccccc13)C(=O)N(c1ccc(CC(=O)[O-])cc1)C2=O. The Kier molecular flexibility index (Phi) is 5.57. The summed E-state index contributed by atoms with van der Waals surface area (Å²) in [5.41, 5.74) is 1.19. The predicted molar refractivity (Wildman–Crippen MR) is 117 cm³/mol. The summed E-state index contributed by atoms with van der Waals surface area (Å²) < 4.78 is 11.9. The molecule has 0 aliphatic carbocycles.